The van der Waals surface area contributed by atoms with E-state index in [1.54, 1.807) is 16.8 Å². The first-order chi connectivity index (χ1) is 12.4. The van der Waals surface area contributed by atoms with Gasteiger partial charge in [-0.25, -0.2) is 14.6 Å². The maximum absolute atomic E-state index is 12.8. The van der Waals surface area contributed by atoms with Crippen LogP contribution in [0.3, 0.4) is 0 Å². The van der Waals surface area contributed by atoms with Crippen molar-refractivity contribution < 1.29 is 19.1 Å². The number of aromatic nitrogens is 2. The molecule has 26 heavy (non-hydrogen) atoms. The summed E-state index contributed by atoms with van der Waals surface area (Å²) < 4.78 is 6.59. The highest BCUT2D eigenvalue weighted by atomic mass is 32.1. The molecule has 2 aromatic heterocycles. The summed E-state index contributed by atoms with van der Waals surface area (Å²) in [7, 11) is 0. The normalized spacial score (nSPS) is 13.7. The highest BCUT2D eigenvalue weighted by Crippen LogP contribution is 2.28. The molecule has 0 unspecified atom stereocenters. The van der Waals surface area contributed by atoms with Crippen LogP contribution >= 0.6 is 11.3 Å². The average molecular weight is 378 g/mol. The Labute approximate surface area is 152 Å². The predicted octanol–water partition coefficient (Wildman–Crippen LogP) is 0.845. The maximum atomic E-state index is 12.8. The van der Waals surface area contributed by atoms with Gasteiger partial charge < -0.3 is 10.5 Å². The van der Waals surface area contributed by atoms with Gasteiger partial charge in [-0.15, -0.1) is 11.3 Å². The van der Waals surface area contributed by atoms with Crippen molar-refractivity contribution in [2.45, 2.75) is 39.2 Å². The first kappa shape index (κ1) is 18.1. The van der Waals surface area contributed by atoms with Gasteiger partial charge in [0.15, 0.2) is 6.61 Å². The Balaban J connectivity index is 1.91. The summed E-state index contributed by atoms with van der Waals surface area (Å²) >= 11 is 1.07. The second-order valence-corrected chi connectivity index (χ2v) is 7.02. The molecule has 0 bridgehead atoms. The molecule has 1 aliphatic heterocycles. The van der Waals surface area contributed by atoms with E-state index in [1.807, 2.05) is 0 Å². The van der Waals surface area contributed by atoms with E-state index < -0.39 is 24.5 Å². The number of fused-ring (bicyclic) bond motifs is 2. The molecule has 10 heteroatoms. The first-order valence-corrected chi connectivity index (χ1v) is 8.99. The third-order valence-corrected chi connectivity index (χ3v) is 5.36. The zero-order valence-electron chi connectivity index (χ0n) is 14.2. The summed E-state index contributed by atoms with van der Waals surface area (Å²) in [6.45, 7) is 1.64. The third-order valence-electron chi connectivity index (χ3n) is 4.19. The Bertz CT molecular complexity index is 962. The Morgan fingerprint density at radius 1 is 1.31 bits per heavy atom. The van der Waals surface area contributed by atoms with Crippen LogP contribution in [0, 0.1) is 6.92 Å². The number of hydrogen-bond acceptors (Lipinski definition) is 7. The van der Waals surface area contributed by atoms with Gasteiger partial charge in [0.05, 0.1) is 5.39 Å². The largest absolute Gasteiger partial charge is 0.451 e. The number of aryl methyl sites for hydroxylation is 2. The van der Waals surface area contributed by atoms with E-state index in [9.17, 15) is 19.2 Å². The van der Waals surface area contributed by atoms with Crippen molar-refractivity contribution in [1.82, 2.24) is 14.9 Å². The molecule has 0 aliphatic carbocycles. The van der Waals surface area contributed by atoms with Gasteiger partial charge in [-0.3, -0.25) is 19.5 Å². The second kappa shape index (κ2) is 7.24. The molecule has 138 valence electrons. The van der Waals surface area contributed by atoms with Gasteiger partial charge in [0, 0.05) is 13.0 Å². The van der Waals surface area contributed by atoms with E-state index in [2.05, 4.69) is 4.98 Å². The van der Waals surface area contributed by atoms with Crippen LogP contribution in [0.2, 0.25) is 0 Å². The number of primary amides is 1. The Morgan fingerprint density at radius 2 is 2.08 bits per heavy atom. The molecule has 9 nitrogen and oxygen atoms in total. The summed E-state index contributed by atoms with van der Waals surface area (Å²) in [5.74, 6) is -0.832. The average Bonchev–Trinajstić information content (AvgIpc) is 2.76. The number of thiophene rings is 1. The SMILES string of the molecule is Cc1c(C(=O)OCC(=O)NC(N)=O)sc2nc3n(c(=O)c12)CCCCC3. The molecular weight excluding hydrogens is 360 g/mol. The second-order valence-electron chi connectivity index (χ2n) is 6.02. The number of carbonyl (C=O) groups excluding carboxylic acids is 3. The molecule has 3 rings (SSSR count). The van der Waals surface area contributed by atoms with Crippen LogP contribution in [-0.2, 0) is 22.5 Å². The molecule has 0 saturated heterocycles. The molecule has 0 atom stereocenters. The van der Waals surface area contributed by atoms with Crippen LogP contribution in [0.25, 0.3) is 10.2 Å². The standard InChI is InChI=1S/C16H18N4O5S/c1-8-11-13(18-9-5-3-2-4-6-20(9)14(11)22)26-12(8)15(23)25-7-10(21)19-16(17)24/h2-7H2,1H3,(H3,17,19,21,24). The van der Waals surface area contributed by atoms with Crippen LogP contribution < -0.4 is 16.6 Å². The number of carbonyl (C=O) groups is 3. The summed E-state index contributed by atoms with van der Waals surface area (Å²) in [5.41, 5.74) is 5.16. The molecule has 0 fully saturated rings. The summed E-state index contributed by atoms with van der Waals surface area (Å²) in [6, 6.07) is -1.03. The fourth-order valence-corrected chi connectivity index (χ4v) is 4.06. The summed E-state index contributed by atoms with van der Waals surface area (Å²) in [5, 5.41) is 2.21. The van der Waals surface area contributed by atoms with Crippen LogP contribution in [0.1, 0.15) is 40.3 Å². The van der Waals surface area contributed by atoms with E-state index in [1.165, 1.54) is 0 Å². The minimum Gasteiger partial charge on any atom is -0.451 e. The van der Waals surface area contributed by atoms with E-state index in [0.29, 0.717) is 22.3 Å². The lowest BCUT2D eigenvalue weighted by atomic mass is 10.2. The lowest BCUT2D eigenvalue weighted by Crippen LogP contribution is -2.37. The molecule has 1 aliphatic rings. The third kappa shape index (κ3) is 3.45. The lowest BCUT2D eigenvalue weighted by Gasteiger charge is -2.08. The molecule has 3 amide bonds. The maximum Gasteiger partial charge on any atom is 0.349 e. The van der Waals surface area contributed by atoms with Gasteiger partial charge in [0.1, 0.15) is 15.5 Å². The number of amides is 3. The number of esters is 1. The monoisotopic (exact) mass is 378 g/mol. The number of nitrogens with one attached hydrogen (secondary N) is 1. The zero-order valence-corrected chi connectivity index (χ0v) is 15.0. The quantitative estimate of drug-likeness (QED) is 0.761. The van der Waals surface area contributed by atoms with E-state index in [0.717, 1.165) is 42.8 Å². The fourth-order valence-electron chi connectivity index (χ4n) is 2.97. The minimum absolute atomic E-state index is 0.147. The van der Waals surface area contributed by atoms with E-state index >= 15 is 0 Å². The first-order valence-electron chi connectivity index (χ1n) is 8.17. The van der Waals surface area contributed by atoms with Crippen molar-refractivity contribution in [1.29, 1.82) is 0 Å². The number of nitrogens with zero attached hydrogens (tertiary/aromatic N) is 2. The zero-order chi connectivity index (χ0) is 18.8. The predicted molar refractivity (Wildman–Crippen MR) is 94.2 cm³/mol. The summed E-state index contributed by atoms with van der Waals surface area (Å²) in [6.07, 6.45) is 3.69. The van der Waals surface area contributed by atoms with Gasteiger partial charge in [0.25, 0.3) is 11.5 Å². The molecule has 0 radical (unpaired) electrons. The molecule has 0 saturated carbocycles. The van der Waals surface area contributed by atoms with Crippen LogP contribution in [0.5, 0.6) is 0 Å². The van der Waals surface area contributed by atoms with E-state index in [-0.39, 0.29) is 10.4 Å². The number of nitrogens with two attached hydrogens (primary N) is 1. The van der Waals surface area contributed by atoms with Gasteiger partial charge in [-0.05, 0) is 25.3 Å². The topological polar surface area (TPSA) is 133 Å². The van der Waals surface area contributed by atoms with Crippen molar-refractivity contribution in [2.24, 2.45) is 5.73 Å². The fraction of sp³-hybridized carbons (Fsp3) is 0.438. The van der Waals surface area contributed by atoms with Crippen molar-refractivity contribution in [2.75, 3.05) is 6.61 Å². The Hall–Kier alpha value is -2.75. The minimum atomic E-state index is -1.03. The van der Waals surface area contributed by atoms with E-state index in [4.69, 9.17) is 10.5 Å². The lowest BCUT2D eigenvalue weighted by molar-refractivity contribution is -0.123. The Morgan fingerprint density at radius 3 is 2.81 bits per heavy atom. The number of urea groups is 1. The summed E-state index contributed by atoms with van der Waals surface area (Å²) in [4.78, 5) is 52.3. The van der Waals surface area contributed by atoms with Gasteiger partial charge in [-0.2, -0.15) is 0 Å². The van der Waals surface area contributed by atoms with Crippen molar-refractivity contribution in [3.63, 3.8) is 0 Å². The highest BCUT2D eigenvalue weighted by molar-refractivity contribution is 7.20. The molecular formula is C16H18N4O5S. The van der Waals surface area contributed by atoms with Crippen molar-refractivity contribution in [3.8, 4) is 0 Å². The van der Waals surface area contributed by atoms with Crippen molar-refractivity contribution >= 4 is 39.5 Å². The molecule has 3 heterocycles. The highest BCUT2D eigenvalue weighted by Gasteiger charge is 2.23. The van der Waals surface area contributed by atoms with Crippen LogP contribution in [0.15, 0.2) is 4.79 Å². The number of rotatable bonds is 3. The van der Waals surface area contributed by atoms with Crippen molar-refractivity contribution in [3.05, 3.63) is 26.6 Å². The van der Waals surface area contributed by atoms with Gasteiger partial charge in [-0.1, -0.05) is 6.42 Å². The van der Waals surface area contributed by atoms with Crippen LogP contribution in [0.4, 0.5) is 4.79 Å². The smallest absolute Gasteiger partial charge is 0.349 e. The van der Waals surface area contributed by atoms with Crippen LogP contribution in [-0.4, -0.2) is 34.1 Å². The number of ether oxygens (including phenoxy) is 1. The Kier molecular flexibility index (Phi) is 5.03. The molecule has 0 aromatic carbocycles. The molecule has 3 N–H and O–H groups in total. The molecule has 2 aromatic rings. The molecule has 0 spiro atoms. The number of hydrogen-bond donors (Lipinski definition) is 2. The van der Waals surface area contributed by atoms with Gasteiger partial charge >= 0.3 is 12.0 Å². The number of imide groups is 1. The van der Waals surface area contributed by atoms with Gasteiger partial charge in [0.2, 0.25) is 0 Å².